The number of benzene rings is 1. The molecule has 1 nitrogen and oxygen atoms in total. The summed E-state index contributed by atoms with van der Waals surface area (Å²) in [4.78, 5) is 0. The molecule has 0 heterocycles. The minimum Gasteiger partial charge on any atom is -0.505 e. The predicted molar refractivity (Wildman–Crippen MR) is 62.9 cm³/mol. The van der Waals surface area contributed by atoms with Gasteiger partial charge in [-0.1, -0.05) is 38.2 Å². The van der Waals surface area contributed by atoms with Crippen molar-refractivity contribution in [3.8, 4) is 5.75 Å². The zero-order valence-corrected chi connectivity index (χ0v) is 9.88. The second-order valence-corrected chi connectivity index (χ2v) is 4.91. The standard InChI is InChI=1S/C14H18F2O/c15-13-11(8-9-12(17)14(13)16)7-6-10-4-2-1-3-5-10/h8-10,17H,1-7H2. The van der Waals surface area contributed by atoms with Crippen molar-refractivity contribution in [1.82, 2.24) is 0 Å². The number of aromatic hydroxyl groups is 1. The number of hydrogen-bond acceptors (Lipinski definition) is 1. The summed E-state index contributed by atoms with van der Waals surface area (Å²) in [6.07, 6.45) is 7.73. The Hall–Kier alpha value is -1.12. The molecular weight excluding hydrogens is 222 g/mol. The van der Waals surface area contributed by atoms with Crippen molar-refractivity contribution in [2.45, 2.75) is 44.9 Å². The summed E-state index contributed by atoms with van der Waals surface area (Å²) in [5, 5.41) is 9.03. The fourth-order valence-electron chi connectivity index (χ4n) is 2.61. The van der Waals surface area contributed by atoms with Gasteiger partial charge in [0.05, 0.1) is 0 Å². The molecule has 0 unspecified atom stereocenters. The molecule has 1 N–H and O–H groups in total. The Labute approximate surface area is 100 Å². The van der Waals surface area contributed by atoms with E-state index in [1.807, 2.05) is 0 Å². The van der Waals surface area contributed by atoms with E-state index in [1.54, 1.807) is 0 Å². The van der Waals surface area contributed by atoms with Crippen LogP contribution >= 0.6 is 0 Å². The molecule has 0 aromatic heterocycles. The topological polar surface area (TPSA) is 20.2 Å². The lowest BCUT2D eigenvalue weighted by molar-refractivity contribution is 0.336. The van der Waals surface area contributed by atoms with E-state index in [-0.39, 0.29) is 0 Å². The zero-order valence-electron chi connectivity index (χ0n) is 9.88. The van der Waals surface area contributed by atoms with Gasteiger partial charge >= 0.3 is 0 Å². The highest BCUT2D eigenvalue weighted by molar-refractivity contribution is 5.29. The van der Waals surface area contributed by atoms with Crippen LogP contribution in [0.25, 0.3) is 0 Å². The van der Waals surface area contributed by atoms with Crippen LogP contribution in [0, 0.1) is 17.6 Å². The van der Waals surface area contributed by atoms with Crippen LogP contribution in [0.15, 0.2) is 12.1 Å². The van der Waals surface area contributed by atoms with Crippen LogP contribution in [-0.4, -0.2) is 5.11 Å². The van der Waals surface area contributed by atoms with Crippen LogP contribution < -0.4 is 0 Å². The molecule has 3 heteroatoms. The molecule has 0 bridgehead atoms. The first kappa shape index (κ1) is 12.3. The van der Waals surface area contributed by atoms with Gasteiger partial charge in [-0.2, -0.15) is 4.39 Å². The highest BCUT2D eigenvalue weighted by Gasteiger charge is 2.16. The van der Waals surface area contributed by atoms with E-state index < -0.39 is 17.4 Å². The van der Waals surface area contributed by atoms with Crippen LogP contribution in [0.1, 0.15) is 44.1 Å². The maximum Gasteiger partial charge on any atom is 0.200 e. The molecular formula is C14H18F2O. The van der Waals surface area contributed by atoms with Gasteiger partial charge in [0.15, 0.2) is 11.6 Å². The molecule has 1 aliphatic rings. The van der Waals surface area contributed by atoms with E-state index in [2.05, 4.69) is 0 Å². The number of hydrogen-bond donors (Lipinski definition) is 1. The quantitative estimate of drug-likeness (QED) is 0.840. The Morgan fingerprint density at radius 2 is 1.76 bits per heavy atom. The van der Waals surface area contributed by atoms with E-state index in [0.717, 1.165) is 6.42 Å². The summed E-state index contributed by atoms with van der Waals surface area (Å²) in [6.45, 7) is 0. The fourth-order valence-corrected chi connectivity index (χ4v) is 2.61. The van der Waals surface area contributed by atoms with E-state index in [9.17, 15) is 8.78 Å². The smallest absolute Gasteiger partial charge is 0.200 e. The lowest BCUT2D eigenvalue weighted by Gasteiger charge is -2.21. The number of halogens is 2. The molecule has 0 atom stereocenters. The van der Waals surface area contributed by atoms with Gasteiger partial charge < -0.3 is 5.11 Å². The number of phenolic OH excluding ortho intramolecular Hbond substituents is 1. The third kappa shape index (κ3) is 2.96. The molecule has 1 saturated carbocycles. The minimum atomic E-state index is -1.12. The van der Waals surface area contributed by atoms with Crippen LogP contribution in [0.4, 0.5) is 8.78 Å². The van der Waals surface area contributed by atoms with Crippen molar-refractivity contribution < 1.29 is 13.9 Å². The number of phenols is 1. The molecule has 0 amide bonds. The average Bonchev–Trinajstić information content (AvgIpc) is 2.36. The van der Waals surface area contributed by atoms with E-state index in [4.69, 9.17) is 5.11 Å². The first-order chi connectivity index (χ1) is 8.18. The summed E-state index contributed by atoms with van der Waals surface area (Å²) >= 11 is 0. The van der Waals surface area contributed by atoms with Crippen molar-refractivity contribution >= 4 is 0 Å². The molecule has 0 aliphatic heterocycles. The van der Waals surface area contributed by atoms with Gasteiger partial charge in [-0.05, 0) is 30.4 Å². The summed E-state index contributed by atoms with van der Waals surface area (Å²) in [6, 6.07) is 2.71. The summed E-state index contributed by atoms with van der Waals surface area (Å²) < 4.78 is 26.6. The maximum atomic E-state index is 13.5. The first-order valence-electron chi connectivity index (χ1n) is 6.34. The highest BCUT2D eigenvalue weighted by Crippen LogP contribution is 2.29. The number of aryl methyl sites for hydroxylation is 1. The Balaban J connectivity index is 1.96. The van der Waals surface area contributed by atoms with E-state index in [1.165, 1.54) is 44.2 Å². The Bertz CT molecular complexity index is 384. The van der Waals surface area contributed by atoms with Crippen LogP contribution in [0.3, 0.4) is 0 Å². The molecule has 0 radical (unpaired) electrons. The lowest BCUT2D eigenvalue weighted by Crippen LogP contribution is -2.08. The monoisotopic (exact) mass is 240 g/mol. The van der Waals surface area contributed by atoms with Crippen LogP contribution in [0.2, 0.25) is 0 Å². The van der Waals surface area contributed by atoms with Crippen molar-refractivity contribution in [2.75, 3.05) is 0 Å². The normalized spacial score (nSPS) is 17.3. The molecule has 0 spiro atoms. The second-order valence-electron chi connectivity index (χ2n) is 4.91. The molecule has 1 aliphatic carbocycles. The SMILES string of the molecule is Oc1ccc(CCC2CCCCC2)c(F)c1F. The van der Waals surface area contributed by atoms with Gasteiger partial charge in [-0.25, -0.2) is 4.39 Å². The van der Waals surface area contributed by atoms with Gasteiger partial charge in [0, 0.05) is 0 Å². The highest BCUT2D eigenvalue weighted by atomic mass is 19.2. The van der Waals surface area contributed by atoms with Crippen LogP contribution in [-0.2, 0) is 6.42 Å². The minimum absolute atomic E-state index is 0.380. The molecule has 1 fully saturated rings. The maximum absolute atomic E-state index is 13.5. The molecule has 1 aromatic rings. The van der Waals surface area contributed by atoms with Crippen LogP contribution in [0.5, 0.6) is 5.75 Å². The third-order valence-corrected chi connectivity index (χ3v) is 3.69. The van der Waals surface area contributed by atoms with Gasteiger partial charge in [-0.3, -0.25) is 0 Å². The van der Waals surface area contributed by atoms with Crippen molar-refractivity contribution in [2.24, 2.45) is 5.92 Å². The van der Waals surface area contributed by atoms with E-state index in [0.29, 0.717) is 17.9 Å². The molecule has 2 rings (SSSR count). The van der Waals surface area contributed by atoms with E-state index >= 15 is 0 Å². The molecule has 0 saturated heterocycles. The predicted octanol–water partition coefficient (Wildman–Crippen LogP) is 4.18. The number of rotatable bonds is 3. The zero-order chi connectivity index (χ0) is 12.3. The average molecular weight is 240 g/mol. The molecule has 94 valence electrons. The second kappa shape index (κ2) is 5.48. The van der Waals surface area contributed by atoms with Gasteiger partial charge in [0.25, 0.3) is 0 Å². The molecule has 17 heavy (non-hydrogen) atoms. The van der Waals surface area contributed by atoms with Gasteiger partial charge in [0.1, 0.15) is 0 Å². The molecule has 1 aromatic carbocycles. The third-order valence-electron chi connectivity index (χ3n) is 3.69. The largest absolute Gasteiger partial charge is 0.505 e. The fraction of sp³-hybridized carbons (Fsp3) is 0.571. The first-order valence-corrected chi connectivity index (χ1v) is 6.34. The van der Waals surface area contributed by atoms with Gasteiger partial charge in [0.2, 0.25) is 5.82 Å². The van der Waals surface area contributed by atoms with Gasteiger partial charge in [-0.15, -0.1) is 0 Å². The Kier molecular flexibility index (Phi) is 3.97. The van der Waals surface area contributed by atoms with Crippen molar-refractivity contribution in [1.29, 1.82) is 0 Å². The Morgan fingerprint density at radius 1 is 1.06 bits per heavy atom. The lowest BCUT2D eigenvalue weighted by atomic mass is 9.85. The van der Waals surface area contributed by atoms with Crippen molar-refractivity contribution in [3.05, 3.63) is 29.3 Å². The Morgan fingerprint density at radius 3 is 2.47 bits per heavy atom. The summed E-state index contributed by atoms with van der Waals surface area (Å²) in [5.74, 6) is -1.96. The summed E-state index contributed by atoms with van der Waals surface area (Å²) in [5.41, 5.74) is 0.380. The van der Waals surface area contributed by atoms with Crippen molar-refractivity contribution in [3.63, 3.8) is 0 Å². The summed E-state index contributed by atoms with van der Waals surface area (Å²) in [7, 11) is 0.